The molecule has 0 aliphatic heterocycles. The largest absolute Gasteiger partial charge is 0.332 e. The van der Waals surface area contributed by atoms with Crippen LogP contribution in [0.3, 0.4) is 0 Å². The SMILES string of the molecule is O=C(Cn1c(=O)n(C2CC2)c(=O)c2nscc21)Nc1ccc(F)c(Cl)c1. The lowest BCUT2D eigenvalue weighted by atomic mass is 10.3. The summed E-state index contributed by atoms with van der Waals surface area (Å²) >= 11 is 6.75. The number of carbonyl (C=O) groups excluding carboxylic acids is 1. The van der Waals surface area contributed by atoms with E-state index in [1.807, 2.05) is 0 Å². The Kier molecular flexibility index (Phi) is 4.12. The van der Waals surface area contributed by atoms with Crippen LogP contribution in [0, 0.1) is 5.82 Å². The van der Waals surface area contributed by atoms with Crippen molar-refractivity contribution in [1.82, 2.24) is 13.5 Å². The predicted molar refractivity (Wildman–Crippen MR) is 96.5 cm³/mol. The minimum absolute atomic E-state index is 0.119. The van der Waals surface area contributed by atoms with Crippen molar-refractivity contribution in [3.05, 3.63) is 55.3 Å². The molecule has 4 rings (SSSR count). The van der Waals surface area contributed by atoms with Gasteiger partial charge in [0.05, 0.1) is 10.5 Å². The van der Waals surface area contributed by atoms with Gasteiger partial charge in [-0.3, -0.25) is 18.7 Å². The Morgan fingerprint density at radius 2 is 2.15 bits per heavy atom. The highest BCUT2D eigenvalue weighted by Crippen LogP contribution is 2.32. The van der Waals surface area contributed by atoms with E-state index in [0.29, 0.717) is 11.2 Å². The van der Waals surface area contributed by atoms with Crippen molar-refractivity contribution in [2.45, 2.75) is 25.4 Å². The molecule has 2 heterocycles. The Hall–Kier alpha value is -2.52. The van der Waals surface area contributed by atoms with E-state index in [2.05, 4.69) is 9.69 Å². The standard InChI is InChI=1S/C16H12ClFN4O3S/c17-10-5-8(1-4-11(10)18)19-13(23)6-21-12-7-26-20-14(12)15(24)22(16(21)25)9-2-3-9/h1,4-5,7,9H,2-3,6H2,(H,19,23). The summed E-state index contributed by atoms with van der Waals surface area (Å²) in [5.41, 5.74) is -0.133. The van der Waals surface area contributed by atoms with Crippen LogP contribution < -0.4 is 16.6 Å². The van der Waals surface area contributed by atoms with Crippen LogP contribution in [0.25, 0.3) is 11.0 Å². The van der Waals surface area contributed by atoms with Gasteiger partial charge in [0.1, 0.15) is 12.4 Å². The van der Waals surface area contributed by atoms with Crippen LogP contribution in [0.2, 0.25) is 5.02 Å². The van der Waals surface area contributed by atoms with Crippen LogP contribution in [0.4, 0.5) is 10.1 Å². The summed E-state index contributed by atoms with van der Waals surface area (Å²) < 4.78 is 19.7. The summed E-state index contributed by atoms with van der Waals surface area (Å²) in [5, 5.41) is 4.02. The van der Waals surface area contributed by atoms with Crippen LogP contribution in [-0.2, 0) is 11.3 Å². The first-order valence-electron chi connectivity index (χ1n) is 7.80. The molecule has 26 heavy (non-hydrogen) atoms. The molecule has 134 valence electrons. The van der Waals surface area contributed by atoms with Gasteiger partial charge in [0, 0.05) is 17.1 Å². The number of benzene rings is 1. The molecule has 0 saturated heterocycles. The third kappa shape index (κ3) is 2.93. The molecule has 2 aromatic heterocycles. The molecule has 0 radical (unpaired) electrons. The maximum absolute atomic E-state index is 13.2. The van der Waals surface area contributed by atoms with Crippen molar-refractivity contribution in [2.75, 3.05) is 5.32 Å². The molecule has 10 heteroatoms. The normalized spacial score (nSPS) is 13.9. The lowest BCUT2D eigenvalue weighted by Crippen LogP contribution is -2.41. The van der Waals surface area contributed by atoms with E-state index in [1.54, 1.807) is 5.38 Å². The molecule has 3 aromatic rings. The number of carbonyl (C=O) groups is 1. The Labute approximate surface area is 154 Å². The van der Waals surface area contributed by atoms with E-state index in [9.17, 15) is 18.8 Å². The van der Waals surface area contributed by atoms with E-state index in [1.165, 1.54) is 21.3 Å². The molecular formula is C16H12ClFN4O3S. The van der Waals surface area contributed by atoms with Gasteiger partial charge in [0.2, 0.25) is 5.91 Å². The number of anilines is 1. The average molecular weight is 395 g/mol. The zero-order valence-corrected chi connectivity index (χ0v) is 14.8. The van der Waals surface area contributed by atoms with E-state index < -0.39 is 23.0 Å². The van der Waals surface area contributed by atoms with Crippen LogP contribution >= 0.6 is 23.1 Å². The monoisotopic (exact) mass is 394 g/mol. The maximum Gasteiger partial charge on any atom is 0.332 e. The number of hydrogen-bond donors (Lipinski definition) is 1. The zero-order chi connectivity index (χ0) is 18.4. The first-order chi connectivity index (χ1) is 12.5. The Balaban J connectivity index is 1.69. The van der Waals surface area contributed by atoms with Crippen molar-refractivity contribution < 1.29 is 9.18 Å². The highest BCUT2D eigenvalue weighted by Gasteiger charge is 2.29. The number of nitrogens with one attached hydrogen (secondary N) is 1. The lowest BCUT2D eigenvalue weighted by molar-refractivity contribution is -0.116. The van der Waals surface area contributed by atoms with Crippen LogP contribution in [0.5, 0.6) is 0 Å². The second kappa shape index (κ2) is 6.33. The van der Waals surface area contributed by atoms with Gasteiger partial charge in [-0.05, 0) is 42.6 Å². The fraction of sp³-hybridized carbons (Fsp3) is 0.250. The van der Waals surface area contributed by atoms with E-state index in [4.69, 9.17) is 11.6 Å². The van der Waals surface area contributed by atoms with E-state index in [-0.39, 0.29) is 23.1 Å². The summed E-state index contributed by atoms with van der Waals surface area (Å²) in [6.45, 7) is -0.296. The molecule has 1 aromatic carbocycles. The summed E-state index contributed by atoms with van der Waals surface area (Å²) in [6, 6.07) is 3.66. The van der Waals surface area contributed by atoms with Gasteiger partial charge in [-0.2, -0.15) is 4.37 Å². The third-order valence-electron chi connectivity index (χ3n) is 4.12. The van der Waals surface area contributed by atoms with Crippen molar-refractivity contribution in [3.8, 4) is 0 Å². The van der Waals surface area contributed by atoms with Crippen LogP contribution in [0.15, 0.2) is 33.2 Å². The van der Waals surface area contributed by atoms with Crippen molar-refractivity contribution in [3.63, 3.8) is 0 Å². The van der Waals surface area contributed by atoms with Crippen molar-refractivity contribution in [1.29, 1.82) is 0 Å². The summed E-state index contributed by atoms with van der Waals surface area (Å²) in [5.74, 6) is -1.09. The van der Waals surface area contributed by atoms with Crippen molar-refractivity contribution in [2.24, 2.45) is 0 Å². The Morgan fingerprint density at radius 3 is 2.85 bits per heavy atom. The van der Waals surface area contributed by atoms with Gasteiger partial charge in [-0.15, -0.1) is 0 Å². The van der Waals surface area contributed by atoms with Crippen LogP contribution in [-0.4, -0.2) is 19.4 Å². The van der Waals surface area contributed by atoms with Gasteiger partial charge in [-0.1, -0.05) is 11.6 Å². The third-order valence-corrected chi connectivity index (χ3v) is 5.02. The Bertz CT molecular complexity index is 1150. The van der Waals surface area contributed by atoms with Gasteiger partial charge < -0.3 is 5.32 Å². The van der Waals surface area contributed by atoms with Gasteiger partial charge in [0.25, 0.3) is 5.56 Å². The molecule has 1 amide bonds. The molecule has 0 spiro atoms. The highest BCUT2D eigenvalue weighted by atomic mass is 35.5. The minimum Gasteiger partial charge on any atom is -0.324 e. The number of halogens is 2. The van der Waals surface area contributed by atoms with Gasteiger partial charge in [0.15, 0.2) is 5.52 Å². The quantitative estimate of drug-likeness (QED) is 0.736. The summed E-state index contributed by atoms with van der Waals surface area (Å²) in [6.07, 6.45) is 1.51. The number of fused-ring (bicyclic) bond motifs is 1. The molecule has 1 fully saturated rings. The lowest BCUT2D eigenvalue weighted by Gasteiger charge is -2.11. The molecule has 1 N–H and O–H groups in total. The topological polar surface area (TPSA) is 86.0 Å². The predicted octanol–water partition coefficient (Wildman–Crippen LogP) is 2.39. The molecule has 1 aliphatic rings. The van der Waals surface area contributed by atoms with Gasteiger partial charge >= 0.3 is 5.69 Å². The fourth-order valence-electron chi connectivity index (χ4n) is 2.73. The van der Waals surface area contributed by atoms with Crippen LogP contribution in [0.1, 0.15) is 18.9 Å². The first kappa shape index (κ1) is 16.9. The number of amides is 1. The molecule has 0 atom stereocenters. The zero-order valence-electron chi connectivity index (χ0n) is 13.2. The molecule has 1 saturated carbocycles. The number of nitrogens with zero attached hydrogens (tertiary/aromatic N) is 3. The number of aromatic nitrogens is 3. The second-order valence-corrected chi connectivity index (χ2v) is 7.04. The Morgan fingerprint density at radius 1 is 1.38 bits per heavy atom. The van der Waals surface area contributed by atoms with E-state index in [0.717, 1.165) is 30.4 Å². The maximum atomic E-state index is 13.2. The average Bonchev–Trinajstić information content (AvgIpc) is 3.30. The summed E-state index contributed by atoms with van der Waals surface area (Å²) in [4.78, 5) is 37.5. The summed E-state index contributed by atoms with van der Waals surface area (Å²) in [7, 11) is 0. The minimum atomic E-state index is -0.594. The smallest absolute Gasteiger partial charge is 0.324 e. The second-order valence-electron chi connectivity index (χ2n) is 6.00. The van der Waals surface area contributed by atoms with Gasteiger partial charge in [-0.25, -0.2) is 9.18 Å². The number of hydrogen-bond acceptors (Lipinski definition) is 5. The van der Waals surface area contributed by atoms with E-state index >= 15 is 0 Å². The molecule has 0 bridgehead atoms. The fourth-order valence-corrected chi connectivity index (χ4v) is 3.58. The number of rotatable bonds is 4. The molecule has 0 unspecified atom stereocenters. The van der Waals surface area contributed by atoms with Crippen molar-refractivity contribution >= 4 is 45.8 Å². The highest BCUT2D eigenvalue weighted by molar-refractivity contribution is 7.04. The molecular weight excluding hydrogens is 383 g/mol. The molecule has 7 nitrogen and oxygen atoms in total. The first-order valence-corrected chi connectivity index (χ1v) is 9.01. The molecule has 1 aliphatic carbocycles.